The topological polar surface area (TPSA) is 96.0 Å². The first-order valence-electron chi connectivity index (χ1n) is 11.2. The summed E-state index contributed by atoms with van der Waals surface area (Å²) in [5, 5.41) is 2.82. The summed E-state index contributed by atoms with van der Waals surface area (Å²) in [5.74, 6) is -0.447. The highest BCUT2D eigenvalue weighted by molar-refractivity contribution is 7.92. The molecule has 0 aromatic heterocycles. The summed E-state index contributed by atoms with van der Waals surface area (Å²) in [6.45, 7) is 7.58. The first-order chi connectivity index (χ1) is 16.0. The molecule has 2 aromatic carbocycles. The number of nitrogens with zero attached hydrogens (tertiary/aromatic N) is 2. The van der Waals surface area contributed by atoms with Gasteiger partial charge in [-0.05, 0) is 50.5 Å². The van der Waals surface area contributed by atoms with Gasteiger partial charge in [0.1, 0.15) is 18.3 Å². The predicted octanol–water partition coefficient (Wildman–Crippen LogP) is 3.02. The Bertz CT molecular complexity index is 1100. The maximum atomic E-state index is 13.5. The average Bonchev–Trinajstić information content (AvgIpc) is 2.79. The number of sulfonamides is 1. The molecule has 0 heterocycles. The summed E-state index contributed by atoms with van der Waals surface area (Å²) < 4.78 is 31.8. The van der Waals surface area contributed by atoms with E-state index in [9.17, 15) is 18.0 Å². The molecule has 34 heavy (non-hydrogen) atoms. The standard InChI is InChI=1S/C25H35N3O5S/c1-7-14-26-25(30)20(4)27(16-21-11-8-18(2)9-12-21)24(29)17-28(34(6,31)32)22-15-19(3)10-13-23(22)33-5/h8-13,15,20H,7,14,16-17H2,1-6H3,(H,26,30)/t20-/m1/s1. The van der Waals surface area contributed by atoms with E-state index in [1.165, 1.54) is 12.0 Å². The second-order valence-corrected chi connectivity index (χ2v) is 10.3. The first-order valence-corrected chi connectivity index (χ1v) is 13.1. The summed E-state index contributed by atoms with van der Waals surface area (Å²) in [7, 11) is -2.38. The van der Waals surface area contributed by atoms with Crippen molar-refractivity contribution >= 4 is 27.5 Å². The number of ether oxygens (including phenoxy) is 1. The average molecular weight is 490 g/mol. The smallest absolute Gasteiger partial charge is 0.244 e. The van der Waals surface area contributed by atoms with Crippen molar-refractivity contribution in [2.24, 2.45) is 0 Å². The van der Waals surface area contributed by atoms with Crippen LogP contribution >= 0.6 is 0 Å². The van der Waals surface area contributed by atoms with Crippen molar-refractivity contribution in [3.63, 3.8) is 0 Å². The Balaban J connectivity index is 2.43. The number of hydrogen-bond donors (Lipinski definition) is 1. The lowest BCUT2D eigenvalue weighted by Gasteiger charge is -2.32. The van der Waals surface area contributed by atoms with Crippen LogP contribution in [0.25, 0.3) is 0 Å². The number of methoxy groups -OCH3 is 1. The molecule has 0 spiro atoms. The highest BCUT2D eigenvalue weighted by atomic mass is 32.2. The largest absolute Gasteiger partial charge is 0.495 e. The summed E-state index contributed by atoms with van der Waals surface area (Å²) >= 11 is 0. The molecule has 1 N–H and O–H groups in total. The van der Waals surface area contributed by atoms with Crippen LogP contribution in [0.4, 0.5) is 5.69 Å². The molecular weight excluding hydrogens is 454 g/mol. The lowest BCUT2D eigenvalue weighted by molar-refractivity contribution is -0.139. The number of carbonyl (C=O) groups excluding carboxylic acids is 2. The molecule has 9 heteroatoms. The summed E-state index contributed by atoms with van der Waals surface area (Å²) in [4.78, 5) is 27.7. The number of amides is 2. The third-order valence-corrected chi connectivity index (χ3v) is 6.60. The molecule has 0 saturated heterocycles. The monoisotopic (exact) mass is 489 g/mol. The van der Waals surface area contributed by atoms with Crippen molar-refractivity contribution in [1.82, 2.24) is 10.2 Å². The Morgan fingerprint density at radius 1 is 1.06 bits per heavy atom. The molecule has 2 amide bonds. The van der Waals surface area contributed by atoms with E-state index in [1.54, 1.807) is 25.1 Å². The van der Waals surface area contributed by atoms with Crippen LogP contribution in [-0.4, -0.2) is 57.6 Å². The fraction of sp³-hybridized carbons (Fsp3) is 0.440. The van der Waals surface area contributed by atoms with Gasteiger partial charge in [0, 0.05) is 13.1 Å². The molecule has 0 aliphatic heterocycles. The van der Waals surface area contributed by atoms with Crippen LogP contribution in [-0.2, 0) is 26.2 Å². The van der Waals surface area contributed by atoms with Gasteiger partial charge in [0.2, 0.25) is 21.8 Å². The Labute approximate surface area is 202 Å². The quantitative estimate of drug-likeness (QED) is 0.523. The molecule has 1 atom stereocenters. The summed E-state index contributed by atoms with van der Waals surface area (Å²) in [6.07, 6.45) is 1.81. The van der Waals surface area contributed by atoms with Gasteiger partial charge in [-0.3, -0.25) is 13.9 Å². The van der Waals surface area contributed by atoms with Gasteiger partial charge in [-0.2, -0.15) is 0 Å². The van der Waals surface area contributed by atoms with Crippen LogP contribution < -0.4 is 14.4 Å². The van der Waals surface area contributed by atoms with E-state index in [0.29, 0.717) is 12.3 Å². The fourth-order valence-electron chi connectivity index (χ4n) is 3.46. The van der Waals surface area contributed by atoms with Gasteiger partial charge >= 0.3 is 0 Å². The van der Waals surface area contributed by atoms with Crippen molar-refractivity contribution in [3.05, 3.63) is 59.2 Å². The van der Waals surface area contributed by atoms with E-state index in [-0.39, 0.29) is 18.1 Å². The van der Waals surface area contributed by atoms with E-state index in [0.717, 1.165) is 33.7 Å². The van der Waals surface area contributed by atoms with Crippen molar-refractivity contribution in [2.75, 3.05) is 30.8 Å². The molecule has 186 valence electrons. The first kappa shape index (κ1) is 27.2. The highest BCUT2D eigenvalue weighted by Crippen LogP contribution is 2.31. The van der Waals surface area contributed by atoms with Gasteiger partial charge in [-0.1, -0.05) is 42.8 Å². The second kappa shape index (κ2) is 11.9. The van der Waals surface area contributed by atoms with Crippen molar-refractivity contribution in [1.29, 1.82) is 0 Å². The van der Waals surface area contributed by atoms with Crippen LogP contribution in [0.3, 0.4) is 0 Å². The summed E-state index contributed by atoms with van der Waals surface area (Å²) in [5.41, 5.74) is 3.01. The zero-order valence-corrected chi connectivity index (χ0v) is 21.6. The number of anilines is 1. The van der Waals surface area contributed by atoms with E-state index in [1.807, 2.05) is 45.0 Å². The SMILES string of the molecule is CCCNC(=O)[C@@H](C)N(Cc1ccc(C)cc1)C(=O)CN(c1cc(C)ccc1OC)S(C)(=O)=O. The molecule has 0 radical (unpaired) electrons. The minimum absolute atomic E-state index is 0.169. The lowest BCUT2D eigenvalue weighted by atomic mass is 10.1. The Kier molecular flexibility index (Phi) is 9.49. The van der Waals surface area contributed by atoms with E-state index >= 15 is 0 Å². The number of rotatable bonds is 11. The van der Waals surface area contributed by atoms with Gasteiger partial charge in [0.05, 0.1) is 19.1 Å². The molecule has 0 saturated carbocycles. The number of aryl methyl sites for hydroxylation is 2. The van der Waals surface area contributed by atoms with Crippen molar-refractivity contribution in [2.45, 2.75) is 46.7 Å². The number of carbonyl (C=O) groups is 2. The molecule has 0 aliphatic rings. The van der Waals surface area contributed by atoms with Crippen LogP contribution in [0, 0.1) is 13.8 Å². The van der Waals surface area contributed by atoms with Crippen LogP contribution in [0.1, 0.15) is 37.0 Å². The molecular formula is C25H35N3O5S. The van der Waals surface area contributed by atoms with Gasteiger partial charge < -0.3 is 15.0 Å². The molecule has 0 aliphatic carbocycles. The lowest BCUT2D eigenvalue weighted by Crippen LogP contribution is -2.51. The van der Waals surface area contributed by atoms with Gasteiger partial charge in [0.25, 0.3) is 0 Å². The zero-order chi connectivity index (χ0) is 25.5. The number of hydrogen-bond acceptors (Lipinski definition) is 5. The second-order valence-electron chi connectivity index (χ2n) is 8.42. The van der Waals surface area contributed by atoms with Crippen molar-refractivity contribution in [3.8, 4) is 5.75 Å². The highest BCUT2D eigenvalue weighted by Gasteiger charge is 2.31. The van der Waals surface area contributed by atoms with E-state index in [2.05, 4.69) is 5.32 Å². The van der Waals surface area contributed by atoms with E-state index in [4.69, 9.17) is 4.74 Å². The van der Waals surface area contributed by atoms with Crippen molar-refractivity contribution < 1.29 is 22.7 Å². The third-order valence-electron chi connectivity index (χ3n) is 5.47. The zero-order valence-electron chi connectivity index (χ0n) is 20.8. The van der Waals surface area contributed by atoms with Crippen LogP contribution in [0.5, 0.6) is 5.75 Å². The molecule has 0 unspecified atom stereocenters. The predicted molar refractivity (Wildman–Crippen MR) is 134 cm³/mol. The number of nitrogens with one attached hydrogen (secondary N) is 1. The maximum absolute atomic E-state index is 13.5. The molecule has 0 fully saturated rings. The Hall–Kier alpha value is -3.07. The molecule has 2 aromatic rings. The normalized spacial score (nSPS) is 12.1. The fourth-order valence-corrected chi connectivity index (χ4v) is 4.30. The molecule has 2 rings (SSSR count). The third kappa shape index (κ3) is 7.21. The Morgan fingerprint density at radius 2 is 1.68 bits per heavy atom. The number of benzene rings is 2. The van der Waals surface area contributed by atoms with Crippen LogP contribution in [0.2, 0.25) is 0 Å². The van der Waals surface area contributed by atoms with E-state index < -0.39 is 28.5 Å². The molecule has 8 nitrogen and oxygen atoms in total. The molecule has 0 bridgehead atoms. The minimum Gasteiger partial charge on any atom is -0.495 e. The summed E-state index contributed by atoms with van der Waals surface area (Å²) in [6, 6.07) is 12.0. The van der Waals surface area contributed by atoms with Gasteiger partial charge in [-0.25, -0.2) is 8.42 Å². The van der Waals surface area contributed by atoms with Gasteiger partial charge in [-0.15, -0.1) is 0 Å². The van der Waals surface area contributed by atoms with Gasteiger partial charge in [0.15, 0.2) is 0 Å². The minimum atomic E-state index is -3.83. The Morgan fingerprint density at radius 3 is 2.24 bits per heavy atom. The van der Waals surface area contributed by atoms with Crippen LogP contribution in [0.15, 0.2) is 42.5 Å². The maximum Gasteiger partial charge on any atom is 0.244 e.